The molecular weight excluding hydrogens is 239 g/mol. The lowest BCUT2D eigenvalue weighted by atomic mass is 10.1. The standard InChI is InChI=1S/C12H11FN2O3/c13-6-15-11(12(17)18)3-7-5-14-10-2-1-8(16)4-9(7)10/h1-2,4-6,11,14,16H,3H2,(H,17,18). The van der Waals surface area contributed by atoms with Crippen molar-refractivity contribution < 1.29 is 19.4 Å². The molecule has 1 aromatic heterocycles. The summed E-state index contributed by atoms with van der Waals surface area (Å²) in [6, 6.07) is 3.56. The third-order valence-electron chi connectivity index (χ3n) is 2.69. The van der Waals surface area contributed by atoms with Gasteiger partial charge < -0.3 is 15.2 Å². The number of phenols is 1. The molecule has 0 aliphatic heterocycles. The Morgan fingerprint density at radius 1 is 1.56 bits per heavy atom. The number of fused-ring (bicyclic) bond motifs is 1. The summed E-state index contributed by atoms with van der Waals surface area (Å²) in [5.74, 6) is -1.11. The molecule has 3 N–H and O–H groups in total. The molecule has 1 aromatic carbocycles. The van der Waals surface area contributed by atoms with Gasteiger partial charge in [-0.3, -0.25) is 0 Å². The lowest BCUT2D eigenvalue weighted by molar-refractivity contribution is -0.138. The molecule has 1 atom stereocenters. The molecule has 2 aromatic rings. The molecule has 0 bridgehead atoms. The van der Waals surface area contributed by atoms with Crippen molar-refractivity contribution in [1.82, 2.24) is 4.98 Å². The van der Waals surface area contributed by atoms with E-state index in [0.717, 1.165) is 5.52 Å². The lowest BCUT2D eigenvalue weighted by Gasteiger charge is -2.05. The number of carboxylic acid groups (broad SMARTS) is 1. The van der Waals surface area contributed by atoms with Crippen molar-refractivity contribution >= 4 is 23.3 Å². The molecule has 0 saturated heterocycles. The highest BCUT2D eigenvalue weighted by atomic mass is 19.1. The number of carboxylic acids is 1. The van der Waals surface area contributed by atoms with E-state index in [2.05, 4.69) is 9.98 Å². The van der Waals surface area contributed by atoms with Gasteiger partial charge in [-0.1, -0.05) is 0 Å². The monoisotopic (exact) mass is 250 g/mol. The van der Waals surface area contributed by atoms with Crippen molar-refractivity contribution in [2.24, 2.45) is 4.99 Å². The van der Waals surface area contributed by atoms with Gasteiger partial charge in [0.2, 0.25) is 0 Å². The summed E-state index contributed by atoms with van der Waals surface area (Å²) in [4.78, 5) is 17.1. The van der Waals surface area contributed by atoms with E-state index in [9.17, 15) is 14.3 Å². The number of nitrogens with zero attached hydrogens (tertiary/aromatic N) is 1. The van der Waals surface area contributed by atoms with E-state index >= 15 is 0 Å². The molecular formula is C12H11FN2O3. The molecule has 6 heteroatoms. The molecule has 0 aliphatic carbocycles. The summed E-state index contributed by atoms with van der Waals surface area (Å²) in [6.45, 7) is -0.00883. The van der Waals surface area contributed by atoms with Crippen LogP contribution in [0.15, 0.2) is 29.4 Å². The van der Waals surface area contributed by atoms with Crippen LogP contribution in [0.4, 0.5) is 4.39 Å². The van der Waals surface area contributed by atoms with Crippen LogP contribution in [0.2, 0.25) is 0 Å². The number of aromatic nitrogens is 1. The molecule has 0 amide bonds. The number of aliphatic carboxylic acids is 1. The van der Waals surface area contributed by atoms with E-state index in [1.165, 1.54) is 12.1 Å². The van der Waals surface area contributed by atoms with Gasteiger partial charge in [0.25, 0.3) is 0 Å². The fourth-order valence-corrected chi connectivity index (χ4v) is 1.82. The predicted molar refractivity (Wildman–Crippen MR) is 64.7 cm³/mol. The summed E-state index contributed by atoms with van der Waals surface area (Å²) < 4.78 is 12.0. The number of aromatic amines is 1. The quantitative estimate of drug-likeness (QED) is 0.724. The number of aliphatic imine (C=N–C) groups is 1. The fourth-order valence-electron chi connectivity index (χ4n) is 1.82. The van der Waals surface area contributed by atoms with Crippen LogP contribution in [-0.2, 0) is 11.2 Å². The Morgan fingerprint density at radius 3 is 3.00 bits per heavy atom. The van der Waals surface area contributed by atoms with Crippen LogP contribution in [0.25, 0.3) is 10.9 Å². The molecule has 0 saturated carbocycles. The largest absolute Gasteiger partial charge is 0.508 e. The molecule has 2 rings (SSSR count). The van der Waals surface area contributed by atoms with Gasteiger partial charge in [-0.2, -0.15) is 4.39 Å². The number of aromatic hydroxyl groups is 1. The molecule has 5 nitrogen and oxygen atoms in total. The molecule has 0 aliphatic rings. The molecule has 1 unspecified atom stereocenters. The second-order valence-corrected chi connectivity index (χ2v) is 3.85. The fraction of sp³-hybridized carbons (Fsp3) is 0.167. The maximum Gasteiger partial charge on any atom is 0.328 e. The van der Waals surface area contributed by atoms with E-state index in [1.807, 2.05) is 0 Å². The summed E-state index contributed by atoms with van der Waals surface area (Å²) in [5.41, 5.74) is 1.44. The Morgan fingerprint density at radius 2 is 2.33 bits per heavy atom. The topological polar surface area (TPSA) is 85.7 Å². The van der Waals surface area contributed by atoms with Gasteiger partial charge in [0, 0.05) is 23.5 Å². The van der Waals surface area contributed by atoms with Gasteiger partial charge in [-0.25, -0.2) is 9.79 Å². The summed E-state index contributed by atoms with van der Waals surface area (Å²) in [5, 5.41) is 19.0. The van der Waals surface area contributed by atoms with Crippen LogP contribution < -0.4 is 0 Å². The number of carbonyl (C=O) groups is 1. The van der Waals surface area contributed by atoms with E-state index in [1.54, 1.807) is 12.3 Å². The van der Waals surface area contributed by atoms with Crippen LogP contribution in [-0.4, -0.2) is 33.7 Å². The highest BCUT2D eigenvalue weighted by molar-refractivity contribution is 5.85. The van der Waals surface area contributed by atoms with Crippen LogP contribution >= 0.6 is 0 Å². The Bertz CT molecular complexity index is 606. The van der Waals surface area contributed by atoms with Crippen molar-refractivity contribution in [2.75, 3.05) is 0 Å². The Balaban J connectivity index is 2.36. The molecule has 0 radical (unpaired) electrons. The number of hydrogen-bond donors (Lipinski definition) is 3. The van der Waals surface area contributed by atoms with E-state index in [-0.39, 0.29) is 18.6 Å². The molecule has 1 heterocycles. The highest BCUT2D eigenvalue weighted by Crippen LogP contribution is 2.24. The molecule has 0 spiro atoms. The normalized spacial score (nSPS) is 13.2. The second kappa shape index (κ2) is 4.87. The van der Waals surface area contributed by atoms with Crippen molar-refractivity contribution in [1.29, 1.82) is 0 Å². The summed E-state index contributed by atoms with van der Waals surface area (Å²) in [6.07, 6.45) is 1.69. The number of H-pyrrole nitrogens is 1. The first kappa shape index (κ1) is 12.1. The van der Waals surface area contributed by atoms with Crippen LogP contribution in [0, 0.1) is 0 Å². The van der Waals surface area contributed by atoms with Crippen LogP contribution in [0.5, 0.6) is 5.75 Å². The summed E-state index contributed by atoms with van der Waals surface area (Å²) >= 11 is 0. The Labute approximate surface area is 102 Å². The zero-order valence-electron chi connectivity index (χ0n) is 9.30. The third kappa shape index (κ3) is 2.32. The SMILES string of the molecule is O=C(O)C(Cc1c[nH]c2ccc(O)cc12)N=CF. The van der Waals surface area contributed by atoms with Gasteiger partial charge in [-0.15, -0.1) is 0 Å². The van der Waals surface area contributed by atoms with Crippen molar-refractivity contribution in [2.45, 2.75) is 12.5 Å². The predicted octanol–water partition coefficient (Wildman–Crippen LogP) is 1.87. The number of hydrogen-bond acceptors (Lipinski definition) is 3. The van der Waals surface area contributed by atoms with E-state index in [0.29, 0.717) is 10.9 Å². The van der Waals surface area contributed by atoms with Crippen molar-refractivity contribution in [3.05, 3.63) is 30.0 Å². The van der Waals surface area contributed by atoms with Crippen LogP contribution in [0.1, 0.15) is 5.56 Å². The average Bonchev–Trinajstić information content (AvgIpc) is 2.71. The minimum Gasteiger partial charge on any atom is -0.508 e. The first-order chi connectivity index (χ1) is 8.61. The van der Waals surface area contributed by atoms with E-state index in [4.69, 9.17) is 5.11 Å². The smallest absolute Gasteiger partial charge is 0.328 e. The van der Waals surface area contributed by atoms with E-state index < -0.39 is 12.0 Å². The zero-order valence-corrected chi connectivity index (χ0v) is 9.30. The lowest BCUT2D eigenvalue weighted by Crippen LogP contribution is -2.20. The summed E-state index contributed by atoms with van der Waals surface area (Å²) in [7, 11) is 0. The van der Waals surface area contributed by atoms with Gasteiger partial charge in [0.1, 0.15) is 5.75 Å². The van der Waals surface area contributed by atoms with Crippen molar-refractivity contribution in [3.63, 3.8) is 0 Å². The minimum atomic E-state index is -1.20. The maximum absolute atomic E-state index is 12.0. The number of rotatable bonds is 4. The Hall–Kier alpha value is -2.37. The first-order valence-electron chi connectivity index (χ1n) is 5.25. The van der Waals surface area contributed by atoms with Gasteiger partial charge in [0.15, 0.2) is 12.5 Å². The number of nitrogens with one attached hydrogen (secondary N) is 1. The molecule has 94 valence electrons. The van der Waals surface area contributed by atoms with Crippen LogP contribution in [0.3, 0.4) is 0 Å². The maximum atomic E-state index is 12.0. The third-order valence-corrected chi connectivity index (χ3v) is 2.69. The Kier molecular flexibility index (Phi) is 3.27. The minimum absolute atomic E-state index is 0.00883. The average molecular weight is 250 g/mol. The first-order valence-corrected chi connectivity index (χ1v) is 5.25. The van der Waals surface area contributed by atoms with Gasteiger partial charge >= 0.3 is 5.97 Å². The number of halogens is 1. The zero-order chi connectivity index (χ0) is 13.1. The second-order valence-electron chi connectivity index (χ2n) is 3.85. The molecule has 0 fully saturated rings. The number of phenolic OH excluding ortho intramolecular Hbond substituents is 1. The van der Waals surface area contributed by atoms with Gasteiger partial charge in [-0.05, 0) is 23.8 Å². The van der Waals surface area contributed by atoms with Crippen molar-refractivity contribution in [3.8, 4) is 5.75 Å². The van der Waals surface area contributed by atoms with Gasteiger partial charge in [0.05, 0.1) is 0 Å². The number of benzene rings is 1. The molecule has 18 heavy (non-hydrogen) atoms. The highest BCUT2D eigenvalue weighted by Gasteiger charge is 2.18.